The Hall–Kier alpha value is -0.900. The van der Waals surface area contributed by atoms with E-state index in [0.717, 1.165) is 6.42 Å². The van der Waals surface area contributed by atoms with Gasteiger partial charge < -0.3 is 14.6 Å². The highest BCUT2D eigenvalue weighted by Gasteiger charge is 2.29. The maximum absolute atomic E-state index is 9.37. The third kappa shape index (κ3) is 3.04. The summed E-state index contributed by atoms with van der Waals surface area (Å²) in [5, 5.41) is 9.37. The lowest BCUT2D eigenvalue weighted by molar-refractivity contribution is -0.000369. The summed E-state index contributed by atoms with van der Waals surface area (Å²) in [5.74, 6) is 0. The van der Waals surface area contributed by atoms with Crippen molar-refractivity contribution < 1.29 is 14.6 Å². The van der Waals surface area contributed by atoms with Crippen molar-refractivity contribution in [3.8, 4) is 0 Å². The second-order valence-electron chi connectivity index (χ2n) is 4.27. The Morgan fingerprint density at radius 3 is 2.81 bits per heavy atom. The highest BCUT2D eigenvalue weighted by atomic mass is 16.6. The predicted octanol–water partition coefficient (Wildman–Crippen LogP) is 1.74. The van der Waals surface area contributed by atoms with Crippen LogP contribution in [0.1, 0.15) is 18.9 Å². The fraction of sp³-hybridized carbons (Fsp3) is 0.538. The van der Waals surface area contributed by atoms with Crippen LogP contribution in [-0.2, 0) is 16.1 Å². The second-order valence-corrected chi connectivity index (χ2v) is 4.27. The number of benzene rings is 1. The van der Waals surface area contributed by atoms with Gasteiger partial charge in [0.05, 0.1) is 31.5 Å². The van der Waals surface area contributed by atoms with Crippen molar-refractivity contribution in [2.45, 2.75) is 38.3 Å². The van der Waals surface area contributed by atoms with Crippen LogP contribution in [-0.4, -0.2) is 30.0 Å². The van der Waals surface area contributed by atoms with Gasteiger partial charge in [-0.2, -0.15) is 0 Å². The van der Waals surface area contributed by atoms with E-state index in [1.54, 1.807) is 6.92 Å². The zero-order valence-corrected chi connectivity index (χ0v) is 9.50. The zero-order chi connectivity index (χ0) is 11.4. The molecule has 1 aliphatic rings. The summed E-state index contributed by atoms with van der Waals surface area (Å²) < 4.78 is 11.2. The molecule has 1 aromatic rings. The van der Waals surface area contributed by atoms with Crippen molar-refractivity contribution in [1.29, 1.82) is 0 Å². The van der Waals surface area contributed by atoms with Crippen LogP contribution >= 0.6 is 0 Å². The maximum atomic E-state index is 9.37. The molecule has 0 saturated carbocycles. The van der Waals surface area contributed by atoms with Gasteiger partial charge in [-0.15, -0.1) is 0 Å². The molecule has 3 heteroatoms. The van der Waals surface area contributed by atoms with Crippen molar-refractivity contribution in [3.63, 3.8) is 0 Å². The van der Waals surface area contributed by atoms with E-state index in [1.807, 2.05) is 30.3 Å². The van der Waals surface area contributed by atoms with Gasteiger partial charge in [0.25, 0.3) is 0 Å². The molecule has 0 amide bonds. The average Bonchev–Trinajstić information content (AvgIpc) is 2.76. The Labute approximate surface area is 96.0 Å². The van der Waals surface area contributed by atoms with Crippen LogP contribution in [0.15, 0.2) is 30.3 Å². The summed E-state index contributed by atoms with van der Waals surface area (Å²) >= 11 is 0. The van der Waals surface area contributed by atoms with Crippen molar-refractivity contribution in [1.82, 2.24) is 0 Å². The molecule has 3 atom stereocenters. The van der Waals surface area contributed by atoms with Crippen LogP contribution in [0.4, 0.5) is 0 Å². The lowest BCUT2D eigenvalue weighted by Crippen LogP contribution is -2.22. The molecule has 0 aromatic heterocycles. The molecule has 0 bridgehead atoms. The third-order valence-electron chi connectivity index (χ3n) is 2.86. The lowest BCUT2D eigenvalue weighted by atomic mass is 10.1. The van der Waals surface area contributed by atoms with E-state index in [2.05, 4.69) is 0 Å². The first-order chi connectivity index (χ1) is 7.75. The topological polar surface area (TPSA) is 38.7 Å². The standard InChI is InChI=1S/C13H18O3/c1-10(14)13-7-12(9-16-13)15-8-11-5-3-2-4-6-11/h2-6,10,12-14H,7-9H2,1H3. The quantitative estimate of drug-likeness (QED) is 0.843. The molecule has 88 valence electrons. The normalized spacial score (nSPS) is 26.9. The molecule has 1 N–H and O–H groups in total. The second kappa shape index (κ2) is 5.43. The molecule has 16 heavy (non-hydrogen) atoms. The van der Waals surface area contributed by atoms with E-state index in [1.165, 1.54) is 5.56 Å². The summed E-state index contributed by atoms with van der Waals surface area (Å²) in [7, 11) is 0. The first kappa shape index (κ1) is 11.6. The minimum Gasteiger partial charge on any atom is -0.391 e. The van der Waals surface area contributed by atoms with Gasteiger partial charge in [-0.05, 0) is 12.5 Å². The molecular weight excluding hydrogens is 204 g/mol. The predicted molar refractivity (Wildman–Crippen MR) is 61.1 cm³/mol. The van der Waals surface area contributed by atoms with E-state index in [4.69, 9.17) is 9.47 Å². The number of hydrogen-bond acceptors (Lipinski definition) is 3. The van der Waals surface area contributed by atoms with Crippen molar-refractivity contribution in [3.05, 3.63) is 35.9 Å². The number of aliphatic hydroxyl groups is 1. The molecule has 3 nitrogen and oxygen atoms in total. The van der Waals surface area contributed by atoms with Crippen LogP contribution in [0, 0.1) is 0 Å². The average molecular weight is 222 g/mol. The lowest BCUT2D eigenvalue weighted by Gasteiger charge is -2.12. The van der Waals surface area contributed by atoms with Gasteiger partial charge >= 0.3 is 0 Å². The molecule has 0 radical (unpaired) electrons. The van der Waals surface area contributed by atoms with Crippen LogP contribution in [0.2, 0.25) is 0 Å². The van der Waals surface area contributed by atoms with Gasteiger partial charge in [-0.25, -0.2) is 0 Å². The molecule has 1 heterocycles. The Morgan fingerprint density at radius 2 is 2.19 bits per heavy atom. The van der Waals surface area contributed by atoms with E-state index in [-0.39, 0.29) is 12.2 Å². The third-order valence-corrected chi connectivity index (χ3v) is 2.86. The fourth-order valence-electron chi connectivity index (χ4n) is 1.87. The SMILES string of the molecule is CC(O)C1CC(OCc2ccccc2)CO1. The summed E-state index contributed by atoms with van der Waals surface area (Å²) in [4.78, 5) is 0. The molecule has 0 spiro atoms. The van der Waals surface area contributed by atoms with Gasteiger partial charge in [-0.3, -0.25) is 0 Å². The van der Waals surface area contributed by atoms with Gasteiger partial charge in [0.2, 0.25) is 0 Å². The Kier molecular flexibility index (Phi) is 3.93. The minimum absolute atomic E-state index is 0.0687. The van der Waals surface area contributed by atoms with Crippen molar-refractivity contribution in [2.24, 2.45) is 0 Å². The largest absolute Gasteiger partial charge is 0.391 e. The first-order valence-electron chi connectivity index (χ1n) is 5.71. The highest BCUT2D eigenvalue weighted by molar-refractivity contribution is 5.13. The zero-order valence-electron chi connectivity index (χ0n) is 9.50. The fourth-order valence-corrected chi connectivity index (χ4v) is 1.87. The van der Waals surface area contributed by atoms with Crippen LogP contribution in [0.3, 0.4) is 0 Å². The van der Waals surface area contributed by atoms with E-state index in [9.17, 15) is 5.11 Å². The van der Waals surface area contributed by atoms with Gasteiger partial charge in [-0.1, -0.05) is 30.3 Å². The molecular formula is C13H18O3. The highest BCUT2D eigenvalue weighted by Crippen LogP contribution is 2.20. The van der Waals surface area contributed by atoms with Gasteiger partial charge in [0.1, 0.15) is 0 Å². The van der Waals surface area contributed by atoms with Crippen LogP contribution < -0.4 is 0 Å². The van der Waals surface area contributed by atoms with Crippen molar-refractivity contribution in [2.75, 3.05) is 6.61 Å². The Morgan fingerprint density at radius 1 is 1.44 bits per heavy atom. The van der Waals surface area contributed by atoms with E-state index < -0.39 is 6.10 Å². The summed E-state index contributed by atoms with van der Waals surface area (Å²) in [6, 6.07) is 10.1. The number of ether oxygens (including phenoxy) is 2. The summed E-state index contributed by atoms with van der Waals surface area (Å²) in [6.07, 6.45) is 0.413. The monoisotopic (exact) mass is 222 g/mol. The molecule has 3 unspecified atom stereocenters. The van der Waals surface area contributed by atoms with Crippen molar-refractivity contribution >= 4 is 0 Å². The van der Waals surface area contributed by atoms with E-state index >= 15 is 0 Å². The van der Waals surface area contributed by atoms with Crippen LogP contribution in [0.5, 0.6) is 0 Å². The maximum Gasteiger partial charge on any atom is 0.0858 e. The summed E-state index contributed by atoms with van der Waals surface area (Å²) in [6.45, 7) is 2.95. The Balaban J connectivity index is 1.76. The van der Waals surface area contributed by atoms with Gasteiger partial charge in [0, 0.05) is 6.42 Å². The van der Waals surface area contributed by atoms with E-state index in [0.29, 0.717) is 13.2 Å². The molecule has 1 saturated heterocycles. The molecule has 0 aliphatic carbocycles. The first-order valence-corrected chi connectivity index (χ1v) is 5.71. The smallest absolute Gasteiger partial charge is 0.0858 e. The molecule has 1 fully saturated rings. The minimum atomic E-state index is -0.412. The van der Waals surface area contributed by atoms with Gasteiger partial charge in [0.15, 0.2) is 0 Å². The molecule has 1 aromatic carbocycles. The van der Waals surface area contributed by atoms with Crippen LogP contribution in [0.25, 0.3) is 0 Å². The number of aliphatic hydroxyl groups excluding tert-OH is 1. The molecule has 1 aliphatic heterocycles. The Bertz CT molecular complexity index is 310. The number of rotatable bonds is 4. The summed E-state index contributed by atoms with van der Waals surface area (Å²) in [5.41, 5.74) is 1.17. The number of hydrogen-bond donors (Lipinski definition) is 1. The molecule has 2 rings (SSSR count).